The van der Waals surface area contributed by atoms with Crippen LogP contribution in [0.25, 0.3) is 0 Å². The predicted octanol–water partition coefficient (Wildman–Crippen LogP) is 3.11. The Morgan fingerprint density at radius 3 is 2.82 bits per heavy atom. The number of aromatic nitrogens is 1. The van der Waals surface area contributed by atoms with E-state index in [1.807, 2.05) is 0 Å². The summed E-state index contributed by atoms with van der Waals surface area (Å²) in [5.41, 5.74) is 1.32. The Morgan fingerprint density at radius 1 is 1.29 bits per heavy atom. The number of nitrogens with zero attached hydrogens (tertiary/aromatic N) is 3. The molecule has 8 heteroatoms. The van der Waals surface area contributed by atoms with Crippen LogP contribution in [0.3, 0.4) is 0 Å². The summed E-state index contributed by atoms with van der Waals surface area (Å²) in [7, 11) is 1.56. The van der Waals surface area contributed by atoms with Crippen LogP contribution >= 0.6 is 11.6 Å². The molecule has 0 atom stereocenters. The van der Waals surface area contributed by atoms with Crippen molar-refractivity contribution in [3.05, 3.63) is 52.8 Å². The summed E-state index contributed by atoms with van der Waals surface area (Å²) >= 11 is 6.20. The van der Waals surface area contributed by atoms with Crippen molar-refractivity contribution in [2.24, 2.45) is 4.99 Å². The second kappa shape index (κ2) is 9.32. The maximum atomic E-state index is 12.6. The molecule has 0 unspecified atom stereocenters. The third-order valence-corrected chi connectivity index (χ3v) is 4.72. The molecule has 2 amide bonds. The van der Waals surface area contributed by atoms with E-state index in [9.17, 15) is 9.59 Å². The summed E-state index contributed by atoms with van der Waals surface area (Å²) in [6.07, 6.45) is 6.62. The molecule has 1 saturated heterocycles. The van der Waals surface area contributed by atoms with E-state index in [0.29, 0.717) is 27.6 Å². The number of amides is 2. The molecule has 0 spiro atoms. The summed E-state index contributed by atoms with van der Waals surface area (Å²) in [5, 5.41) is 2.97. The minimum atomic E-state index is -0.238. The number of halogens is 1. The maximum absolute atomic E-state index is 12.6. The Balaban J connectivity index is 1.65. The number of benzene rings is 1. The lowest BCUT2D eigenvalue weighted by molar-refractivity contribution is 0.0792. The number of ether oxygens (including phenoxy) is 1. The fourth-order valence-corrected chi connectivity index (χ4v) is 3.13. The monoisotopic (exact) mass is 400 g/mol. The van der Waals surface area contributed by atoms with Crippen LogP contribution in [0.4, 0.5) is 5.69 Å². The fourth-order valence-electron chi connectivity index (χ4n) is 2.93. The number of rotatable bonds is 6. The van der Waals surface area contributed by atoms with Gasteiger partial charge in [0.2, 0.25) is 0 Å². The van der Waals surface area contributed by atoms with Gasteiger partial charge in [-0.05, 0) is 37.1 Å². The van der Waals surface area contributed by atoms with Gasteiger partial charge in [-0.2, -0.15) is 0 Å². The van der Waals surface area contributed by atoms with Crippen molar-refractivity contribution in [1.29, 1.82) is 0 Å². The van der Waals surface area contributed by atoms with Crippen LogP contribution in [0.15, 0.2) is 41.7 Å². The van der Waals surface area contributed by atoms with Gasteiger partial charge in [0.15, 0.2) is 0 Å². The van der Waals surface area contributed by atoms with Crippen molar-refractivity contribution in [3.63, 3.8) is 0 Å². The second-order valence-electron chi connectivity index (χ2n) is 6.24. The Morgan fingerprint density at radius 2 is 2.07 bits per heavy atom. The molecule has 1 aliphatic heterocycles. The highest BCUT2D eigenvalue weighted by Gasteiger charge is 2.22. The van der Waals surface area contributed by atoms with E-state index >= 15 is 0 Å². The summed E-state index contributed by atoms with van der Waals surface area (Å²) < 4.78 is 5.66. The molecule has 1 aliphatic rings. The molecule has 0 radical (unpaired) electrons. The molecule has 0 saturated carbocycles. The van der Waals surface area contributed by atoms with Crippen molar-refractivity contribution >= 4 is 35.3 Å². The minimum Gasteiger partial charge on any atom is -0.488 e. The first-order chi connectivity index (χ1) is 13.6. The second-order valence-corrected chi connectivity index (χ2v) is 6.64. The van der Waals surface area contributed by atoms with Crippen LogP contribution in [0.2, 0.25) is 5.02 Å². The van der Waals surface area contributed by atoms with Crippen molar-refractivity contribution in [2.45, 2.75) is 12.8 Å². The molecule has 0 aliphatic carbocycles. The van der Waals surface area contributed by atoms with Gasteiger partial charge >= 0.3 is 0 Å². The molecule has 2 aromatic rings. The highest BCUT2D eigenvalue weighted by molar-refractivity contribution is 6.33. The summed E-state index contributed by atoms with van der Waals surface area (Å²) in [6, 6.07) is 6.61. The van der Waals surface area contributed by atoms with Gasteiger partial charge in [0.25, 0.3) is 11.8 Å². The van der Waals surface area contributed by atoms with Crippen LogP contribution in [0.5, 0.6) is 5.75 Å². The van der Waals surface area contributed by atoms with Crippen LogP contribution in [-0.4, -0.2) is 54.7 Å². The smallest absolute Gasteiger partial charge is 0.255 e. The molecule has 146 valence electrons. The van der Waals surface area contributed by atoms with Gasteiger partial charge in [0, 0.05) is 32.5 Å². The number of aliphatic imine (C=N–C) groups is 1. The first kappa shape index (κ1) is 19.8. The van der Waals surface area contributed by atoms with Crippen molar-refractivity contribution < 1.29 is 14.3 Å². The summed E-state index contributed by atoms with van der Waals surface area (Å²) in [4.78, 5) is 34.5. The Bertz CT molecular complexity index is 895. The van der Waals surface area contributed by atoms with Gasteiger partial charge in [0.1, 0.15) is 12.4 Å². The van der Waals surface area contributed by atoms with E-state index < -0.39 is 0 Å². The lowest BCUT2D eigenvalue weighted by Gasteiger charge is -2.16. The number of pyridine rings is 1. The fraction of sp³-hybridized carbons (Fsp3) is 0.300. The van der Waals surface area contributed by atoms with Gasteiger partial charge in [-0.25, -0.2) is 0 Å². The average molecular weight is 401 g/mol. The number of carbonyl (C=O) groups is 2. The molecular formula is C20H21ClN4O3. The van der Waals surface area contributed by atoms with E-state index in [1.54, 1.807) is 42.4 Å². The van der Waals surface area contributed by atoms with E-state index in [2.05, 4.69) is 15.3 Å². The zero-order valence-corrected chi connectivity index (χ0v) is 16.3. The van der Waals surface area contributed by atoms with Crippen LogP contribution in [-0.2, 0) is 0 Å². The van der Waals surface area contributed by atoms with E-state index in [1.165, 1.54) is 12.4 Å². The van der Waals surface area contributed by atoms with Crippen LogP contribution < -0.4 is 10.1 Å². The molecule has 3 rings (SSSR count). The lowest BCUT2D eigenvalue weighted by atomic mass is 10.2. The lowest BCUT2D eigenvalue weighted by Crippen LogP contribution is -2.27. The molecule has 1 aromatic heterocycles. The summed E-state index contributed by atoms with van der Waals surface area (Å²) in [5.74, 6) is 0.210. The quantitative estimate of drug-likeness (QED) is 0.755. The molecule has 7 nitrogen and oxygen atoms in total. The van der Waals surface area contributed by atoms with Crippen LogP contribution in [0.1, 0.15) is 33.6 Å². The summed E-state index contributed by atoms with van der Waals surface area (Å²) in [6.45, 7) is 1.68. The largest absolute Gasteiger partial charge is 0.488 e. The third kappa shape index (κ3) is 4.67. The zero-order valence-electron chi connectivity index (χ0n) is 15.5. The molecule has 1 N–H and O–H groups in total. The van der Waals surface area contributed by atoms with Gasteiger partial charge in [-0.15, -0.1) is 0 Å². The van der Waals surface area contributed by atoms with Gasteiger partial charge in [-0.1, -0.05) is 11.6 Å². The number of nitrogens with one attached hydrogen (secondary N) is 1. The average Bonchev–Trinajstić information content (AvgIpc) is 3.26. The zero-order chi connectivity index (χ0) is 19.9. The normalized spacial score (nSPS) is 13.7. The highest BCUT2D eigenvalue weighted by atomic mass is 35.5. The number of hydrogen-bond donors (Lipinski definition) is 1. The van der Waals surface area contributed by atoms with Crippen molar-refractivity contribution in [2.75, 3.05) is 26.7 Å². The van der Waals surface area contributed by atoms with Gasteiger partial charge < -0.3 is 15.0 Å². The number of carbonyl (C=O) groups excluding carboxylic acids is 2. The Labute approximate surface area is 168 Å². The Kier molecular flexibility index (Phi) is 6.60. The maximum Gasteiger partial charge on any atom is 0.255 e. The predicted molar refractivity (Wildman–Crippen MR) is 108 cm³/mol. The first-order valence-electron chi connectivity index (χ1n) is 9.00. The molecule has 2 heterocycles. The minimum absolute atomic E-state index is 0.0767. The van der Waals surface area contributed by atoms with Crippen LogP contribution in [0, 0.1) is 0 Å². The molecule has 1 fully saturated rings. The molecule has 1 aromatic carbocycles. The molecule has 0 bridgehead atoms. The standard InChI is InChI=1S/C20H21ClN4O3/c1-22-19(26)15-6-7-23-13-18(15)24-8-11-28-14-4-5-17(21)16(12-14)20(27)25-9-2-3-10-25/h4-8,12-13H,2-3,9-11H2,1H3,(H,22,26)/b24-8+. The van der Waals surface area contributed by atoms with Gasteiger partial charge in [-0.3, -0.25) is 19.6 Å². The Hall–Kier alpha value is -2.93. The third-order valence-electron chi connectivity index (χ3n) is 4.39. The number of likely N-dealkylation sites (tertiary alicyclic amines) is 1. The topological polar surface area (TPSA) is 83.9 Å². The first-order valence-corrected chi connectivity index (χ1v) is 9.38. The number of hydrogen-bond acceptors (Lipinski definition) is 5. The van der Waals surface area contributed by atoms with E-state index in [-0.39, 0.29) is 18.4 Å². The van der Waals surface area contributed by atoms with Crippen molar-refractivity contribution in [1.82, 2.24) is 15.2 Å². The molecule has 28 heavy (non-hydrogen) atoms. The highest BCUT2D eigenvalue weighted by Crippen LogP contribution is 2.25. The van der Waals surface area contributed by atoms with Crippen molar-refractivity contribution in [3.8, 4) is 5.75 Å². The van der Waals surface area contributed by atoms with E-state index in [4.69, 9.17) is 16.3 Å². The SMILES string of the molecule is CNC(=O)c1ccncc1/N=C/COc1ccc(Cl)c(C(=O)N2CCCC2)c1. The van der Waals surface area contributed by atoms with E-state index in [0.717, 1.165) is 25.9 Å². The van der Waals surface area contributed by atoms with Gasteiger partial charge in [0.05, 0.1) is 28.0 Å². The molecular weight excluding hydrogens is 380 g/mol.